The summed E-state index contributed by atoms with van der Waals surface area (Å²) in [7, 11) is 0. The number of rotatable bonds is 5. The molecule has 0 aliphatic carbocycles. The summed E-state index contributed by atoms with van der Waals surface area (Å²) >= 11 is 0. The molecule has 1 heterocycles. The van der Waals surface area contributed by atoms with Gasteiger partial charge in [-0.25, -0.2) is 0 Å². The van der Waals surface area contributed by atoms with Crippen LogP contribution in [0.5, 0.6) is 0 Å². The number of carbonyl (C=O) groups is 1. The average molecular weight is 197 g/mol. The van der Waals surface area contributed by atoms with Crippen molar-refractivity contribution in [2.24, 2.45) is 0 Å². The van der Waals surface area contributed by atoms with Crippen molar-refractivity contribution in [1.29, 1.82) is 0 Å². The topological polar surface area (TPSA) is 20.3 Å². The largest absolute Gasteiger partial charge is 0.300 e. The van der Waals surface area contributed by atoms with E-state index in [1.165, 1.54) is 32.2 Å². The van der Waals surface area contributed by atoms with Crippen LogP contribution in [0.3, 0.4) is 0 Å². The van der Waals surface area contributed by atoms with Crippen molar-refractivity contribution >= 4 is 5.78 Å². The lowest BCUT2D eigenvalue weighted by Crippen LogP contribution is -2.39. The van der Waals surface area contributed by atoms with Gasteiger partial charge in [-0.05, 0) is 45.7 Å². The summed E-state index contributed by atoms with van der Waals surface area (Å²) in [6, 6.07) is 0.788. The molecule has 1 atom stereocenters. The molecule has 1 aliphatic rings. The first-order valence-corrected chi connectivity index (χ1v) is 5.97. The van der Waals surface area contributed by atoms with Gasteiger partial charge < -0.3 is 9.69 Å². The van der Waals surface area contributed by atoms with Crippen molar-refractivity contribution in [3.63, 3.8) is 0 Å². The Morgan fingerprint density at radius 1 is 1.43 bits per heavy atom. The number of likely N-dealkylation sites (tertiary alicyclic amines) is 1. The van der Waals surface area contributed by atoms with Gasteiger partial charge in [-0.1, -0.05) is 13.3 Å². The summed E-state index contributed by atoms with van der Waals surface area (Å²) in [5.41, 5.74) is 0. The highest BCUT2D eigenvalue weighted by Crippen LogP contribution is 2.19. The Morgan fingerprint density at radius 2 is 2.21 bits per heavy atom. The van der Waals surface area contributed by atoms with Gasteiger partial charge in [0.2, 0.25) is 0 Å². The van der Waals surface area contributed by atoms with Crippen LogP contribution in [0.4, 0.5) is 0 Å². The van der Waals surface area contributed by atoms with E-state index in [0.717, 1.165) is 25.4 Å². The lowest BCUT2D eigenvalue weighted by Gasteiger charge is -2.35. The molecule has 0 amide bonds. The van der Waals surface area contributed by atoms with Crippen LogP contribution in [-0.2, 0) is 4.79 Å². The van der Waals surface area contributed by atoms with Gasteiger partial charge in [-0.15, -0.1) is 0 Å². The Morgan fingerprint density at radius 3 is 2.86 bits per heavy atom. The molecule has 0 spiro atoms. The maximum absolute atomic E-state index is 10.8. The molecule has 1 rings (SSSR count). The van der Waals surface area contributed by atoms with Gasteiger partial charge in [-0.2, -0.15) is 0 Å². The lowest BCUT2D eigenvalue weighted by molar-refractivity contribution is -0.117. The maximum atomic E-state index is 10.8. The zero-order chi connectivity index (χ0) is 10.4. The van der Waals surface area contributed by atoms with Crippen LogP contribution >= 0.6 is 0 Å². The highest BCUT2D eigenvalue weighted by atomic mass is 16.1. The SMILES string of the molecule is CCC1CCCCN1CCCC(C)=O. The first-order valence-electron chi connectivity index (χ1n) is 5.97. The summed E-state index contributed by atoms with van der Waals surface area (Å²) in [5.74, 6) is 0.329. The van der Waals surface area contributed by atoms with Crippen LogP contribution in [0.25, 0.3) is 0 Å². The Bertz CT molecular complexity index is 179. The predicted molar refractivity (Wildman–Crippen MR) is 59.4 cm³/mol. The molecule has 1 saturated heterocycles. The van der Waals surface area contributed by atoms with Gasteiger partial charge in [0.25, 0.3) is 0 Å². The molecule has 14 heavy (non-hydrogen) atoms. The molecule has 1 fully saturated rings. The van der Waals surface area contributed by atoms with E-state index in [9.17, 15) is 4.79 Å². The summed E-state index contributed by atoms with van der Waals surface area (Å²) in [5, 5.41) is 0. The summed E-state index contributed by atoms with van der Waals surface area (Å²) in [6.07, 6.45) is 7.16. The van der Waals surface area contributed by atoms with E-state index >= 15 is 0 Å². The number of piperidine rings is 1. The van der Waals surface area contributed by atoms with Crippen molar-refractivity contribution in [2.45, 2.75) is 58.4 Å². The summed E-state index contributed by atoms with van der Waals surface area (Å²) in [6.45, 7) is 6.33. The van der Waals surface area contributed by atoms with Crippen molar-refractivity contribution in [2.75, 3.05) is 13.1 Å². The Kier molecular flexibility index (Phi) is 5.16. The fourth-order valence-electron chi connectivity index (χ4n) is 2.35. The number of hydrogen-bond acceptors (Lipinski definition) is 2. The van der Waals surface area contributed by atoms with Crippen molar-refractivity contribution in [3.8, 4) is 0 Å². The minimum absolute atomic E-state index is 0.329. The quantitative estimate of drug-likeness (QED) is 0.675. The van der Waals surface area contributed by atoms with Crippen LogP contribution in [0.2, 0.25) is 0 Å². The molecule has 2 heteroatoms. The van der Waals surface area contributed by atoms with Crippen LogP contribution in [0.15, 0.2) is 0 Å². The van der Waals surface area contributed by atoms with Gasteiger partial charge in [0.15, 0.2) is 0 Å². The minimum Gasteiger partial charge on any atom is -0.300 e. The van der Waals surface area contributed by atoms with E-state index in [0.29, 0.717) is 5.78 Å². The van der Waals surface area contributed by atoms with E-state index in [2.05, 4.69) is 11.8 Å². The predicted octanol–water partition coefficient (Wildman–Crippen LogP) is 2.62. The molecule has 0 aromatic rings. The van der Waals surface area contributed by atoms with Gasteiger partial charge in [0.1, 0.15) is 5.78 Å². The van der Waals surface area contributed by atoms with Crippen LogP contribution in [-0.4, -0.2) is 29.8 Å². The number of Topliss-reactive ketones (excluding diaryl/α,β-unsaturated/α-hetero) is 1. The van der Waals surface area contributed by atoms with E-state index in [4.69, 9.17) is 0 Å². The van der Waals surface area contributed by atoms with E-state index < -0.39 is 0 Å². The molecule has 0 radical (unpaired) electrons. The second-order valence-electron chi connectivity index (χ2n) is 4.40. The zero-order valence-corrected chi connectivity index (χ0v) is 9.59. The fourth-order valence-corrected chi connectivity index (χ4v) is 2.35. The Hall–Kier alpha value is -0.370. The summed E-state index contributed by atoms with van der Waals surface area (Å²) in [4.78, 5) is 13.4. The number of hydrogen-bond donors (Lipinski definition) is 0. The minimum atomic E-state index is 0.329. The number of ketones is 1. The molecule has 0 aromatic heterocycles. The molecule has 1 aliphatic heterocycles. The Balaban J connectivity index is 2.22. The van der Waals surface area contributed by atoms with Gasteiger partial charge >= 0.3 is 0 Å². The molecular formula is C12H23NO. The van der Waals surface area contributed by atoms with Gasteiger partial charge in [-0.3, -0.25) is 0 Å². The van der Waals surface area contributed by atoms with Gasteiger partial charge in [0, 0.05) is 12.5 Å². The normalized spacial score (nSPS) is 23.7. The van der Waals surface area contributed by atoms with Crippen LogP contribution in [0, 0.1) is 0 Å². The smallest absolute Gasteiger partial charge is 0.129 e. The first-order chi connectivity index (χ1) is 6.74. The van der Waals surface area contributed by atoms with E-state index in [1.54, 1.807) is 6.92 Å². The van der Waals surface area contributed by atoms with Crippen LogP contribution < -0.4 is 0 Å². The van der Waals surface area contributed by atoms with E-state index in [-0.39, 0.29) is 0 Å². The molecular weight excluding hydrogens is 174 g/mol. The standard InChI is InChI=1S/C12H23NO/c1-3-12-8-4-5-9-13(12)10-6-7-11(2)14/h12H,3-10H2,1-2H3. The fraction of sp³-hybridized carbons (Fsp3) is 0.917. The second-order valence-corrected chi connectivity index (χ2v) is 4.40. The van der Waals surface area contributed by atoms with Crippen molar-refractivity contribution < 1.29 is 4.79 Å². The third-order valence-electron chi connectivity index (χ3n) is 3.19. The number of nitrogens with zero attached hydrogens (tertiary/aromatic N) is 1. The van der Waals surface area contributed by atoms with Crippen molar-refractivity contribution in [1.82, 2.24) is 4.90 Å². The second kappa shape index (κ2) is 6.18. The first kappa shape index (κ1) is 11.7. The maximum Gasteiger partial charge on any atom is 0.129 e. The van der Waals surface area contributed by atoms with E-state index in [1.807, 2.05) is 0 Å². The third kappa shape index (κ3) is 3.79. The molecule has 1 unspecified atom stereocenters. The highest BCUT2D eigenvalue weighted by molar-refractivity contribution is 5.75. The molecule has 0 aromatic carbocycles. The Labute approximate surface area is 87.7 Å². The third-order valence-corrected chi connectivity index (χ3v) is 3.19. The molecule has 0 bridgehead atoms. The molecule has 2 nitrogen and oxygen atoms in total. The van der Waals surface area contributed by atoms with Crippen molar-refractivity contribution in [3.05, 3.63) is 0 Å². The lowest BCUT2D eigenvalue weighted by atomic mass is 9.99. The molecule has 82 valence electrons. The summed E-state index contributed by atoms with van der Waals surface area (Å²) < 4.78 is 0. The van der Waals surface area contributed by atoms with Crippen LogP contribution in [0.1, 0.15) is 52.4 Å². The number of carbonyl (C=O) groups excluding carboxylic acids is 1. The zero-order valence-electron chi connectivity index (χ0n) is 9.59. The monoisotopic (exact) mass is 197 g/mol. The molecule has 0 N–H and O–H groups in total. The molecule has 0 saturated carbocycles. The van der Waals surface area contributed by atoms with Gasteiger partial charge in [0.05, 0.1) is 0 Å². The highest BCUT2D eigenvalue weighted by Gasteiger charge is 2.19. The average Bonchev–Trinajstić information content (AvgIpc) is 2.18.